The second-order valence-corrected chi connectivity index (χ2v) is 3.36. The molecule has 86 valence electrons. The van der Waals surface area contributed by atoms with Crippen molar-refractivity contribution in [2.24, 2.45) is 5.11 Å². The van der Waals surface area contributed by atoms with Gasteiger partial charge in [0.2, 0.25) is 0 Å². The molecule has 0 atom stereocenters. The highest BCUT2D eigenvalue weighted by atomic mass is 19.4. The summed E-state index contributed by atoms with van der Waals surface area (Å²) >= 11 is 0. The quantitative estimate of drug-likeness (QED) is 0.279. The molecule has 0 aliphatic carbocycles. The summed E-state index contributed by atoms with van der Waals surface area (Å²) < 4.78 is 37.9. The summed E-state index contributed by atoms with van der Waals surface area (Å²) in [5, 5.41) is 3.20. The topological polar surface area (TPSA) is 74.8 Å². The molecule has 0 aliphatic heterocycles. The Bertz CT molecular complexity index is 451. The molecule has 0 amide bonds. The van der Waals surface area contributed by atoms with E-state index >= 15 is 0 Å². The summed E-state index contributed by atoms with van der Waals surface area (Å²) in [6.07, 6.45) is 0. The molecule has 0 fully saturated rings. The average Bonchev–Trinajstić information content (AvgIpc) is 2.17. The molecule has 0 saturated heterocycles. The van der Waals surface area contributed by atoms with E-state index in [1.165, 1.54) is 13.0 Å². The van der Waals surface area contributed by atoms with Gasteiger partial charge in [0.15, 0.2) is 0 Å². The van der Waals surface area contributed by atoms with Gasteiger partial charge in [-0.25, -0.2) is 0 Å². The van der Waals surface area contributed by atoms with Crippen LogP contribution in [0, 0.1) is 6.92 Å². The molecule has 1 aromatic rings. The Hall–Kier alpha value is -1.82. The van der Waals surface area contributed by atoms with Gasteiger partial charge in [-0.2, -0.15) is 0 Å². The molecular formula is C8H9BF3N4-. The Balaban J connectivity index is 3.27. The number of benzene rings is 1. The number of nitrogen functional groups attached to an aromatic ring is 1. The Morgan fingerprint density at radius 1 is 1.44 bits per heavy atom. The Labute approximate surface area is 89.9 Å². The fraction of sp³-hybridized carbons (Fsp3) is 0.250. The van der Waals surface area contributed by atoms with Crippen LogP contribution in [0.4, 0.5) is 18.6 Å². The molecular weight excluding hydrogens is 220 g/mol. The summed E-state index contributed by atoms with van der Waals surface area (Å²) in [4.78, 5) is 2.48. The van der Waals surface area contributed by atoms with Crippen LogP contribution in [0.25, 0.3) is 10.4 Å². The normalized spacial score (nSPS) is 11.0. The summed E-state index contributed by atoms with van der Waals surface area (Å²) in [5.41, 5.74) is 13.1. The molecule has 0 aromatic heterocycles. The van der Waals surface area contributed by atoms with Gasteiger partial charge in [-0.3, -0.25) is 0 Å². The van der Waals surface area contributed by atoms with E-state index in [2.05, 4.69) is 10.0 Å². The van der Waals surface area contributed by atoms with E-state index in [1.54, 1.807) is 0 Å². The van der Waals surface area contributed by atoms with Crippen LogP contribution in [0.5, 0.6) is 0 Å². The molecule has 0 spiro atoms. The van der Waals surface area contributed by atoms with E-state index in [9.17, 15) is 12.9 Å². The average molecular weight is 229 g/mol. The zero-order chi connectivity index (χ0) is 12.3. The van der Waals surface area contributed by atoms with Crippen LogP contribution in [0.2, 0.25) is 0 Å². The number of rotatable bonds is 3. The first-order valence-electron chi connectivity index (χ1n) is 4.46. The molecule has 0 radical (unpaired) electrons. The van der Waals surface area contributed by atoms with Gasteiger partial charge in [-0.1, -0.05) is 16.7 Å². The first-order valence-corrected chi connectivity index (χ1v) is 4.46. The van der Waals surface area contributed by atoms with Crippen molar-refractivity contribution in [2.45, 2.75) is 13.5 Å². The van der Waals surface area contributed by atoms with E-state index in [1.807, 2.05) is 0 Å². The van der Waals surface area contributed by atoms with Crippen LogP contribution in [0.1, 0.15) is 11.1 Å². The SMILES string of the molecule is Cc1c(N)cc(CN=[N+]=[N-])cc1[B-](F)(F)F. The maximum Gasteiger partial charge on any atom is 0.509 e. The lowest BCUT2D eigenvalue weighted by molar-refractivity contribution is 0.500. The van der Waals surface area contributed by atoms with Crippen molar-refractivity contribution in [3.63, 3.8) is 0 Å². The predicted octanol–water partition coefficient (Wildman–Crippen LogP) is 2.44. The van der Waals surface area contributed by atoms with E-state index in [4.69, 9.17) is 11.3 Å². The summed E-state index contributed by atoms with van der Waals surface area (Å²) in [6.45, 7) is -3.92. The molecule has 16 heavy (non-hydrogen) atoms. The minimum absolute atomic E-state index is 0.0113. The monoisotopic (exact) mass is 229 g/mol. The molecule has 0 unspecified atom stereocenters. The zero-order valence-electron chi connectivity index (χ0n) is 8.49. The van der Waals surface area contributed by atoms with E-state index in [0.717, 1.165) is 6.07 Å². The van der Waals surface area contributed by atoms with Crippen molar-refractivity contribution in [3.05, 3.63) is 33.7 Å². The molecule has 0 bridgehead atoms. The molecule has 2 N–H and O–H groups in total. The third-order valence-corrected chi connectivity index (χ3v) is 2.22. The van der Waals surface area contributed by atoms with Gasteiger partial charge in [0.05, 0.1) is 6.54 Å². The van der Waals surface area contributed by atoms with Crippen LogP contribution in [-0.4, -0.2) is 6.98 Å². The lowest BCUT2D eigenvalue weighted by atomic mass is 9.76. The Morgan fingerprint density at radius 3 is 2.56 bits per heavy atom. The van der Waals surface area contributed by atoms with Crippen LogP contribution in [0.15, 0.2) is 17.2 Å². The minimum Gasteiger partial charge on any atom is -0.445 e. The number of halogens is 3. The van der Waals surface area contributed by atoms with Gasteiger partial charge >= 0.3 is 6.98 Å². The Morgan fingerprint density at radius 2 is 2.06 bits per heavy atom. The standard InChI is InChI=1S/C8H9BF3N4/c1-5-7(9(10,11)12)2-6(3-8(5)13)4-15-16-14/h2-3H,4,13H2,1H3/q-1. The molecule has 8 heteroatoms. The van der Waals surface area contributed by atoms with Gasteiger partial charge < -0.3 is 18.7 Å². The van der Waals surface area contributed by atoms with Gasteiger partial charge in [-0.15, -0.1) is 5.46 Å². The third kappa shape index (κ3) is 2.61. The molecule has 1 rings (SSSR count). The summed E-state index contributed by atoms with van der Waals surface area (Å²) in [6, 6.07) is 2.36. The van der Waals surface area contributed by atoms with Crippen LogP contribution in [-0.2, 0) is 6.54 Å². The van der Waals surface area contributed by atoms with Gasteiger partial charge in [0.1, 0.15) is 0 Å². The molecule has 0 aliphatic rings. The largest absolute Gasteiger partial charge is 0.509 e. The lowest BCUT2D eigenvalue weighted by Crippen LogP contribution is -2.37. The first kappa shape index (κ1) is 12.3. The fourth-order valence-corrected chi connectivity index (χ4v) is 1.37. The maximum atomic E-state index is 12.6. The van der Waals surface area contributed by atoms with Crippen molar-refractivity contribution < 1.29 is 12.9 Å². The maximum absolute atomic E-state index is 12.6. The van der Waals surface area contributed by atoms with Crippen molar-refractivity contribution in [1.82, 2.24) is 0 Å². The van der Waals surface area contributed by atoms with Gasteiger partial charge in [0, 0.05) is 10.6 Å². The minimum atomic E-state index is -5.10. The second-order valence-electron chi connectivity index (χ2n) is 3.36. The summed E-state index contributed by atoms with van der Waals surface area (Å²) in [7, 11) is 0. The summed E-state index contributed by atoms with van der Waals surface area (Å²) in [5.74, 6) is 0. The second kappa shape index (κ2) is 4.36. The zero-order valence-corrected chi connectivity index (χ0v) is 8.49. The number of nitrogens with zero attached hydrogens (tertiary/aromatic N) is 3. The first-order chi connectivity index (χ1) is 7.36. The number of anilines is 1. The highest BCUT2D eigenvalue weighted by Gasteiger charge is 2.28. The van der Waals surface area contributed by atoms with E-state index < -0.39 is 12.4 Å². The highest BCUT2D eigenvalue weighted by Crippen LogP contribution is 2.19. The smallest absolute Gasteiger partial charge is 0.445 e. The molecule has 1 aromatic carbocycles. The fourth-order valence-electron chi connectivity index (χ4n) is 1.37. The van der Waals surface area contributed by atoms with Crippen molar-refractivity contribution >= 4 is 18.1 Å². The number of azide groups is 1. The molecule has 4 nitrogen and oxygen atoms in total. The van der Waals surface area contributed by atoms with Gasteiger partial charge in [-0.05, 0) is 24.1 Å². The number of hydrogen-bond acceptors (Lipinski definition) is 2. The third-order valence-electron chi connectivity index (χ3n) is 2.22. The number of hydrogen-bond donors (Lipinski definition) is 1. The van der Waals surface area contributed by atoms with Gasteiger partial charge in [0.25, 0.3) is 0 Å². The van der Waals surface area contributed by atoms with Crippen LogP contribution < -0.4 is 11.2 Å². The lowest BCUT2D eigenvalue weighted by Gasteiger charge is -2.20. The highest BCUT2D eigenvalue weighted by molar-refractivity contribution is 6.74. The predicted molar refractivity (Wildman–Crippen MR) is 57.2 cm³/mol. The van der Waals surface area contributed by atoms with E-state index in [0.29, 0.717) is 0 Å². The van der Waals surface area contributed by atoms with Crippen molar-refractivity contribution in [1.29, 1.82) is 0 Å². The molecule has 0 saturated carbocycles. The van der Waals surface area contributed by atoms with E-state index in [-0.39, 0.29) is 23.4 Å². The Kier molecular flexibility index (Phi) is 3.34. The molecule has 0 heterocycles. The van der Waals surface area contributed by atoms with Crippen LogP contribution in [0.3, 0.4) is 0 Å². The van der Waals surface area contributed by atoms with Crippen molar-refractivity contribution in [3.8, 4) is 0 Å². The van der Waals surface area contributed by atoms with Crippen LogP contribution >= 0.6 is 0 Å². The number of nitrogens with two attached hydrogens (primary N) is 1. The van der Waals surface area contributed by atoms with Crippen molar-refractivity contribution in [2.75, 3.05) is 5.73 Å².